The number of imidazole rings is 1. The van der Waals surface area contributed by atoms with Gasteiger partial charge in [0.2, 0.25) is 0 Å². The maximum atomic E-state index is 9.75. The Kier molecular flexibility index (Phi) is 3.25. The minimum atomic E-state index is -0.121. The number of aliphatic hydroxyl groups is 1. The summed E-state index contributed by atoms with van der Waals surface area (Å²) in [4.78, 5) is 8.34. The van der Waals surface area contributed by atoms with Crippen LogP contribution < -0.4 is 5.32 Å². The lowest BCUT2D eigenvalue weighted by molar-refractivity contribution is 0.131. The highest BCUT2D eigenvalue weighted by molar-refractivity contribution is 5.36. The first kappa shape index (κ1) is 11.6. The van der Waals surface area contributed by atoms with Gasteiger partial charge in [0.1, 0.15) is 0 Å². The van der Waals surface area contributed by atoms with Crippen LogP contribution in [0.25, 0.3) is 5.65 Å². The summed E-state index contributed by atoms with van der Waals surface area (Å²) in [7, 11) is 0. The summed E-state index contributed by atoms with van der Waals surface area (Å²) in [6.45, 7) is 1.65. The van der Waals surface area contributed by atoms with Crippen LogP contribution in [0.1, 0.15) is 25.0 Å². The summed E-state index contributed by atoms with van der Waals surface area (Å²) < 4.78 is 2.03. The van der Waals surface area contributed by atoms with Gasteiger partial charge in [-0.2, -0.15) is 0 Å². The third-order valence-electron chi connectivity index (χ3n) is 3.73. The van der Waals surface area contributed by atoms with Crippen molar-refractivity contribution in [1.82, 2.24) is 19.7 Å². The summed E-state index contributed by atoms with van der Waals surface area (Å²) in [5.74, 6) is 0.408. The minimum Gasteiger partial charge on any atom is -0.393 e. The lowest BCUT2D eigenvalue weighted by Gasteiger charge is -2.14. The van der Waals surface area contributed by atoms with Crippen LogP contribution in [0.5, 0.6) is 0 Å². The molecule has 1 aliphatic carbocycles. The van der Waals surface area contributed by atoms with Crippen LogP contribution in [-0.4, -0.2) is 32.1 Å². The number of fused-ring (bicyclic) bond motifs is 1. The van der Waals surface area contributed by atoms with Gasteiger partial charge >= 0.3 is 0 Å². The molecule has 1 fully saturated rings. The summed E-state index contributed by atoms with van der Waals surface area (Å²) in [5.41, 5.74) is 2.00. The van der Waals surface area contributed by atoms with E-state index in [-0.39, 0.29) is 6.10 Å². The molecule has 2 aromatic rings. The molecule has 0 spiro atoms. The van der Waals surface area contributed by atoms with Gasteiger partial charge < -0.3 is 10.4 Å². The van der Waals surface area contributed by atoms with E-state index >= 15 is 0 Å². The second-order valence-corrected chi connectivity index (χ2v) is 4.94. The van der Waals surface area contributed by atoms with E-state index in [0.717, 1.165) is 43.7 Å². The van der Waals surface area contributed by atoms with Crippen molar-refractivity contribution in [3.63, 3.8) is 0 Å². The van der Waals surface area contributed by atoms with Gasteiger partial charge in [0.15, 0.2) is 5.65 Å². The number of hydrogen-bond donors (Lipinski definition) is 2. The van der Waals surface area contributed by atoms with E-state index in [0.29, 0.717) is 5.92 Å². The molecule has 0 aromatic carbocycles. The van der Waals surface area contributed by atoms with Crippen molar-refractivity contribution < 1.29 is 5.11 Å². The first-order chi connectivity index (χ1) is 8.84. The Morgan fingerprint density at radius 3 is 3.17 bits per heavy atom. The highest BCUT2D eigenvalue weighted by atomic mass is 16.3. The van der Waals surface area contributed by atoms with Crippen LogP contribution in [0.3, 0.4) is 0 Å². The van der Waals surface area contributed by atoms with Gasteiger partial charge in [-0.1, -0.05) is 6.42 Å². The van der Waals surface area contributed by atoms with Gasteiger partial charge in [0.05, 0.1) is 24.2 Å². The van der Waals surface area contributed by atoms with Crippen molar-refractivity contribution >= 4 is 5.65 Å². The van der Waals surface area contributed by atoms with Gasteiger partial charge in [-0.15, -0.1) is 0 Å². The summed E-state index contributed by atoms with van der Waals surface area (Å²) in [6.07, 6.45) is 10.4. The molecule has 2 heterocycles. The number of nitrogens with one attached hydrogen (secondary N) is 1. The van der Waals surface area contributed by atoms with E-state index in [1.165, 1.54) is 0 Å². The molecule has 18 heavy (non-hydrogen) atoms. The molecular weight excluding hydrogens is 228 g/mol. The normalized spacial score (nSPS) is 23.8. The van der Waals surface area contributed by atoms with E-state index in [9.17, 15) is 5.11 Å². The number of rotatable bonds is 4. The van der Waals surface area contributed by atoms with Gasteiger partial charge in [-0.3, -0.25) is 9.38 Å². The molecule has 1 aliphatic rings. The molecule has 2 N–H and O–H groups in total. The third kappa shape index (κ3) is 2.23. The molecule has 2 atom stereocenters. The Balaban J connectivity index is 1.60. The number of aromatic nitrogens is 3. The zero-order chi connectivity index (χ0) is 12.4. The molecule has 96 valence electrons. The molecule has 3 rings (SSSR count). The first-order valence-corrected chi connectivity index (χ1v) is 6.49. The Bertz CT molecular complexity index is 524. The second-order valence-electron chi connectivity index (χ2n) is 4.94. The predicted molar refractivity (Wildman–Crippen MR) is 68.0 cm³/mol. The highest BCUT2D eigenvalue weighted by Gasteiger charge is 2.24. The Morgan fingerprint density at radius 2 is 2.33 bits per heavy atom. The van der Waals surface area contributed by atoms with Gasteiger partial charge in [0.25, 0.3) is 0 Å². The average Bonchev–Trinajstić information content (AvgIpc) is 2.97. The Labute approximate surface area is 106 Å². The molecule has 0 bridgehead atoms. The highest BCUT2D eigenvalue weighted by Crippen LogP contribution is 2.24. The molecule has 0 saturated heterocycles. The number of aliphatic hydroxyl groups excluding tert-OH is 1. The van der Waals surface area contributed by atoms with E-state index < -0.39 is 0 Å². The summed E-state index contributed by atoms with van der Waals surface area (Å²) in [5, 5.41) is 13.2. The maximum absolute atomic E-state index is 9.75. The molecule has 5 nitrogen and oxygen atoms in total. The van der Waals surface area contributed by atoms with Crippen LogP contribution in [-0.2, 0) is 6.54 Å². The van der Waals surface area contributed by atoms with Crippen LogP contribution in [0.4, 0.5) is 0 Å². The van der Waals surface area contributed by atoms with Gasteiger partial charge in [-0.25, -0.2) is 4.98 Å². The van der Waals surface area contributed by atoms with Crippen molar-refractivity contribution in [2.24, 2.45) is 5.92 Å². The fraction of sp³-hybridized carbons (Fsp3) is 0.538. The van der Waals surface area contributed by atoms with Crippen LogP contribution in [0.15, 0.2) is 24.8 Å². The molecule has 0 aliphatic heterocycles. The lowest BCUT2D eigenvalue weighted by atomic mass is 10.1. The minimum absolute atomic E-state index is 0.121. The van der Waals surface area contributed by atoms with Crippen molar-refractivity contribution in [3.8, 4) is 0 Å². The zero-order valence-corrected chi connectivity index (χ0v) is 10.3. The van der Waals surface area contributed by atoms with E-state index in [4.69, 9.17) is 0 Å². The topological polar surface area (TPSA) is 62.5 Å². The standard InChI is InChI=1S/C13H18N4O/c18-12-3-1-2-10(12)6-15-7-11-8-16-13-9-14-4-5-17(11)13/h4-5,8-10,12,15,18H,1-3,6-7H2. The first-order valence-electron chi connectivity index (χ1n) is 6.49. The van der Waals surface area contributed by atoms with Crippen molar-refractivity contribution in [3.05, 3.63) is 30.5 Å². The number of nitrogens with zero attached hydrogens (tertiary/aromatic N) is 3. The molecule has 2 aromatic heterocycles. The molecule has 5 heteroatoms. The molecule has 0 amide bonds. The largest absolute Gasteiger partial charge is 0.393 e. The van der Waals surface area contributed by atoms with Gasteiger partial charge in [-0.05, 0) is 18.8 Å². The molecule has 2 unspecified atom stereocenters. The summed E-state index contributed by atoms with van der Waals surface area (Å²) >= 11 is 0. The fourth-order valence-corrected chi connectivity index (χ4v) is 2.67. The molecule has 1 saturated carbocycles. The summed E-state index contributed by atoms with van der Waals surface area (Å²) in [6, 6.07) is 0. The maximum Gasteiger partial charge on any atom is 0.155 e. The molecular formula is C13H18N4O. The second kappa shape index (κ2) is 5.04. The monoisotopic (exact) mass is 246 g/mol. The Morgan fingerprint density at radius 1 is 1.39 bits per heavy atom. The lowest BCUT2D eigenvalue weighted by Crippen LogP contribution is -2.27. The zero-order valence-electron chi connectivity index (χ0n) is 10.3. The van der Waals surface area contributed by atoms with E-state index in [1.807, 2.05) is 16.8 Å². The van der Waals surface area contributed by atoms with E-state index in [2.05, 4.69) is 15.3 Å². The van der Waals surface area contributed by atoms with Gasteiger partial charge in [0, 0.05) is 25.5 Å². The Hall–Kier alpha value is -1.46. The van der Waals surface area contributed by atoms with Crippen LogP contribution >= 0.6 is 0 Å². The fourth-order valence-electron chi connectivity index (χ4n) is 2.67. The van der Waals surface area contributed by atoms with Crippen molar-refractivity contribution in [2.45, 2.75) is 31.9 Å². The number of hydrogen-bond acceptors (Lipinski definition) is 4. The van der Waals surface area contributed by atoms with Crippen molar-refractivity contribution in [2.75, 3.05) is 6.54 Å². The van der Waals surface area contributed by atoms with Crippen molar-refractivity contribution in [1.29, 1.82) is 0 Å². The smallest absolute Gasteiger partial charge is 0.155 e. The van der Waals surface area contributed by atoms with Crippen LogP contribution in [0, 0.1) is 5.92 Å². The third-order valence-corrected chi connectivity index (χ3v) is 3.73. The van der Waals surface area contributed by atoms with Crippen LogP contribution in [0.2, 0.25) is 0 Å². The quantitative estimate of drug-likeness (QED) is 0.844. The van der Waals surface area contributed by atoms with E-state index in [1.54, 1.807) is 12.4 Å². The predicted octanol–water partition coefficient (Wildman–Crippen LogP) is 0.980. The molecule has 0 radical (unpaired) electrons. The SMILES string of the molecule is OC1CCCC1CNCc1cnc2cnccn12. The average molecular weight is 246 g/mol.